The second-order valence-electron chi connectivity index (χ2n) is 5.39. The Bertz CT molecular complexity index is 432. The number of nitrogens with one attached hydrogen (secondary N) is 1. The van der Waals surface area contributed by atoms with Gasteiger partial charge in [0.2, 0.25) is 0 Å². The zero-order chi connectivity index (χ0) is 13.9. The highest BCUT2D eigenvalue weighted by Gasteiger charge is 2.34. The van der Waals surface area contributed by atoms with Gasteiger partial charge in [-0.2, -0.15) is 0 Å². The molecule has 1 unspecified atom stereocenters. The molecule has 0 saturated carbocycles. The summed E-state index contributed by atoms with van der Waals surface area (Å²) in [7, 11) is 0. The van der Waals surface area contributed by atoms with Crippen LogP contribution >= 0.6 is 15.9 Å². The van der Waals surface area contributed by atoms with Crippen LogP contribution in [0.4, 0.5) is 5.82 Å². The van der Waals surface area contributed by atoms with Crippen LogP contribution in [0.2, 0.25) is 0 Å². The summed E-state index contributed by atoms with van der Waals surface area (Å²) in [6.07, 6.45) is 6.14. The summed E-state index contributed by atoms with van der Waals surface area (Å²) in [6.45, 7) is 7.36. The van der Waals surface area contributed by atoms with Crippen molar-refractivity contribution in [2.24, 2.45) is 0 Å². The maximum absolute atomic E-state index is 6.01. The Balaban J connectivity index is 2.04. The molecule has 3 nitrogen and oxygen atoms in total. The average molecular weight is 327 g/mol. The zero-order valence-corrected chi connectivity index (χ0v) is 13.6. The van der Waals surface area contributed by atoms with Gasteiger partial charge in [-0.25, -0.2) is 4.98 Å². The van der Waals surface area contributed by atoms with E-state index in [1.807, 2.05) is 6.20 Å². The minimum absolute atomic E-state index is 0.0559. The van der Waals surface area contributed by atoms with Crippen LogP contribution in [-0.4, -0.2) is 23.2 Å². The van der Waals surface area contributed by atoms with Crippen LogP contribution in [0.25, 0.3) is 0 Å². The maximum atomic E-state index is 6.01. The molecule has 1 aromatic rings. The van der Waals surface area contributed by atoms with Gasteiger partial charge in [0.15, 0.2) is 0 Å². The summed E-state index contributed by atoms with van der Waals surface area (Å²) in [4.78, 5) is 4.43. The van der Waals surface area contributed by atoms with E-state index < -0.39 is 0 Å². The largest absolute Gasteiger partial charge is 0.375 e. The van der Waals surface area contributed by atoms with Crippen molar-refractivity contribution in [3.63, 3.8) is 0 Å². The van der Waals surface area contributed by atoms with Gasteiger partial charge in [-0.3, -0.25) is 0 Å². The van der Waals surface area contributed by atoms with Crippen LogP contribution in [-0.2, 0) is 4.74 Å². The van der Waals surface area contributed by atoms with Gasteiger partial charge in [-0.1, -0.05) is 13.8 Å². The van der Waals surface area contributed by atoms with E-state index in [-0.39, 0.29) is 5.60 Å². The number of pyridine rings is 1. The fourth-order valence-electron chi connectivity index (χ4n) is 2.72. The highest BCUT2D eigenvalue weighted by Crippen LogP contribution is 2.32. The fraction of sp³-hybridized carbons (Fsp3) is 0.667. The summed E-state index contributed by atoms with van der Waals surface area (Å²) in [6, 6.07) is 2.56. The number of aryl methyl sites for hydroxylation is 1. The predicted molar refractivity (Wildman–Crippen MR) is 82.6 cm³/mol. The monoisotopic (exact) mass is 326 g/mol. The van der Waals surface area contributed by atoms with Gasteiger partial charge in [0.25, 0.3) is 0 Å². The topological polar surface area (TPSA) is 34.2 Å². The summed E-state index contributed by atoms with van der Waals surface area (Å²) in [5, 5.41) is 3.56. The third kappa shape index (κ3) is 3.48. The van der Waals surface area contributed by atoms with E-state index in [2.05, 4.69) is 53.1 Å². The zero-order valence-electron chi connectivity index (χ0n) is 12.0. The van der Waals surface area contributed by atoms with Crippen LogP contribution in [0.3, 0.4) is 0 Å². The lowest BCUT2D eigenvalue weighted by Crippen LogP contribution is -2.43. The first-order valence-corrected chi connectivity index (χ1v) is 7.90. The highest BCUT2D eigenvalue weighted by molar-refractivity contribution is 9.10. The molecule has 1 saturated heterocycles. The standard InChI is InChI=1S/C15H23BrN2O/c1-4-15(5-2)9-12(6-7-19-15)18-14-8-11(3)13(16)10-17-14/h8,10,12H,4-7,9H2,1-3H3,(H,17,18). The molecule has 0 radical (unpaired) electrons. The third-order valence-electron chi connectivity index (χ3n) is 4.18. The molecule has 1 aliphatic rings. The first-order chi connectivity index (χ1) is 9.08. The van der Waals surface area contributed by atoms with Gasteiger partial charge in [0, 0.05) is 23.3 Å². The number of rotatable bonds is 4. The van der Waals surface area contributed by atoms with E-state index in [0.717, 1.165) is 42.6 Å². The highest BCUT2D eigenvalue weighted by atomic mass is 79.9. The minimum Gasteiger partial charge on any atom is -0.375 e. The first kappa shape index (κ1) is 14.8. The summed E-state index contributed by atoms with van der Waals surface area (Å²) >= 11 is 3.48. The Kier molecular flexibility index (Phi) is 4.85. The Labute approximate surface area is 124 Å². The van der Waals surface area contributed by atoms with Gasteiger partial charge in [-0.15, -0.1) is 0 Å². The van der Waals surface area contributed by atoms with Crippen LogP contribution in [0.5, 0.6) is 0 Å². The number of hydrogen-bond donors (Lipinski definition) is 1. The molecule has 2 rings (SSSR count). The van der Waals surface area contributed by atoms with E-state index in [1.165, 1.54) is 5.56 Å². The van der Waals surface area contributed by atoms with Gasteiger partial charge in [-0.05, 0) is 60.2 Å². The molecule has 0 aromatic carbocycles. The Morgan fingerprint density at radius 3 is 2.84 bits per heavy atom. The molecule has 1 fully saturated rings. The minimum atomic E-state index is 0.0559. The van der Waals surface area contributed by atoms with Crippen LogP contribution in [0.1, 0.15) is 45.1 Å². The van der Waals surface area contributed by atoms with E-state index in [0.29, 0.717) is 6.04 Å². The summed E-state index contributed by atoms with van der Waals surface area (Å²) < 4.78 is 7.06. The lowest BCUT2D eigenvalue weighted by molar-refractivity contribution is -0.0864. The van der Waals surface area contributed by atoms with Crippen LogP contribution < -0.4 is 5.32 Å². The lowest BCUT2D eigenvalue weighted by atomic mass is 9.86. The molecule has 1 atom stereocenters. The van der Waals surface area contributed by atoms with E-state index in [1.54, 1.807) is 0 Å². The molecule has 1 N–H and O–H groups in total. The molecule has 19 heavy (non-hydrogen) atoms. The predicted octanol–water partition coefficient (Wildman–Crippen LogP) is 4.30. The molecular weight excluding hydrogens is 304 g/mol. The van der Waals surface area contributed by atoms with E-state index in [4.69, 9.17) is 4.74 Å². The number of anilines is 1. The van der Waals surface area contributed by atoms with Crippen molar-refractivity contribution in [2.75, 3.05) is 11.9 Å². The van der Waals surface area contributed by atoms with Crippen molar-refractivity contribution < 1.29 is 4.74 Å². The Morgan fingerprint density at radius 2 is 2.21 bits per heavy atom. The molecule has 1 aliphatic heterocycles. The molecular formula is C15H23BrN2O. The molecule has 2 heterocycles. The van der Waals surface area contributed by atoms with Crippen LogP contribution in [0, 0.1) is 6.92 Å². The second-order valence-corrected chi connectivity index (χ2v) is 6.25. The molecule has 106 valence electrons. The lowest BCUT2D eigenvalue weighted by Gasteiger charge is -2.40. The number of ether oxygens (including phenoxy) is 1. The molecule has 0 amide bonds. The molecule has 0 spiro atoms. The molecule has 0 aliphatic carbocycles. The first-order valence-electron chi connectivity index (χ1n) is 7.11. The number of nitrogens with zero attached hydrogens (tertiary/aromatic N) is 1. The maximum Gasteiger partial charge on any atom is 0.126 e. The van der Waals surface area contributed by atoms with Crippen LogP contribution in [0.15, 0.2) is 16.7 Å². The fourth-order valence-corrected chi connectivity index (χ4v) is 2.94. The summed E-state index contributed by atoms with van der Waals surface area (Å²) in [5.41, 5.74) is 1.27. The van der Waals surface area contributed by atoms with Crippen molar-refractivity contribution in [2.45, 2.75) is 58.1 Å². The Morgan fingerprint density at radius 1 is 1.47 bits per heavy atom. The normalized spacial score (nSPS) is 22.2. The smallest absolute Gasteiger partial charge is 0.126 e. The Hall–Kier alpha value is -0.610. The van der Waals surface area contributed by atoms with E-state index in [9.17, 15) is 0 Å². The second kappa shape index (κ2) is 6.23. The SMILES string of the molecule is CCC1(CC)CC(Nc2cc(C)c(Br)cn2)CCO1. The number of aromatic nitrogens is 1. The van der Waals surface area contributed by atoms with Crippen molar-refractivity contribution in [3.05, 3.63) is 22.3 Å². The van der Waals surface area contributed by atoms with Crippen molar-refractivity contribution in [1.82, 2.24) is 4.98 Å². The number of hydrogen-bond acceptors (Lipinski definition) is 3. The van der Waals surface area contributed by atoms with E-state index >= 15 is 0 Å². The van der Waals surface area contributed by atoms with Crippen molar-refractivity contribution >= 4 is 21.7 Å². The third-order valence-corrected chi connectivity index (χ3v) is 5.01. The van der Waals surface area contributed by atoms with Crippen molar-refractivity contribution in [3.8, 4) is 0 Å². The number of halogens is 1. The average Bonchev–Trinajstić information content (AvgIpc) is 2.43. The van der Waals surface area contributed by atoms with Gasteiger partial charge in [0.05, 0.1) is 5.60 Å². The quantitative estimate of drug-likeness (QED) is 0.895. The molecule has 1 aromatic heterocycles. The molecule has 0 bridgehead atoms. The van der Waals surface area contributed by atoms with Gasteiger partial charge < -0.3 is 10.1 Å². The summed E-state index contributed by atoms with van der Waals surface area (Å²) in [5.74, 6) is 0.966. The van der Waals surface area contributed by atoms with Gasteiger partial charge >= 0.3 is 0 Å². The van der Waals surface area contributed by atoms with Gasteiger partial charge in [0.1, 0.15) is 5.82 Å². The van der Waals surface area contributed by atoms with Crippen molar-refractivity contribution in [1.29, 1.82) is 0 Å². The molecule has 4 heteroatoms.